The van der Waals surface area contributed by atoms with Gasteiger partial charge in [0.15, 0.2) is 5.76 Å². The summed E-state index contributed by atoms with van der Waals surface area (Å²) in [5, 5.41) is 15.3. The first-order valence-electron chi connectivity index (χ1n) is 11.6. The summed E-state index contributed by atoms with van der Waals surface area (Å²) in [5.41, 5.74) is -0.837. The molecule has 2 aromatic rings. The molecule has 11 heteroatoms. The van der Waals surface area contributed by atoms with Gasteiger partial charge in [0.05, 0.1) is 17.2 Å². The smallest absolute Gasteiger partial charge is 0.459 e. The molecule has 0 N–H and O–H groups in total. The predicted molar refractivity (Wildman–Crippen MR) is 113 cm³/mol. The first kappa shape index (κ1) is 20.4. The SMILES string of the molecule is O=C(c1ccco1)N1CCN(C(=O)C23C[C@H]4C[C@@H](C2)CC(n2cnc([N+](=O)[O-])n2)(C4)C3)CC1. The van der Waals surface area contributed by atoms with Gasteiger partial charge in [-0.2, -0.15) is 4.68 Å². The summed E-state index contributed by atoms with van der Waals surface area (Å²) in [6.45, 7) is 1.97. The first-order valence-corrected chi connectivity index (χ1v) is 11.6. The third-order valence-electron chi connectivity index (χ3n) is 8.20. The first-order chi connectivity index (χ1) is 15.9. The second-order valence-electron chi connectivity index (χ2n) is 10.3. The molecule has 1 aliphatic heterocycles. The van der Waals surface area contributed by atoms with Gasteiger partial charge in [0.2, 0.25) is 12.2 Å². The van der Waals surface area contributed by atoms with E-state index in [1.54, 1.807) is 21.7 Å². The van der Waals surface area contributed by atoms with Crippen LogP contribution in [0.3, 0.4) is 0 Å². The molecule has 4 bridgehead atoms. The Morgan fingerprint density at radius 3 is 2.39 bits per heavy atom. The van der Waals surface area contributed by atoms with Crippen LogP contribution in [0.1, 0.15) is 49.1 Å². The van der Waals surface area contributed by atoms with Crippen LogP contribution in [0.25, 0.3) is 0 Å². The lowest BCUT2D eigenvalue weighted by Crippen LogP contribution is -2.63. The van der Waals surface area contributed by atoms with Crippen LogP contribution in [0.2, 0.25) is 0 Å². The topological polar surface area (TPSA) is 128 Å². The van der Waals surface area contributed by atoms with Gasteiger partial charge >= 0.3 is 5.95 Å². The Morgan fingerprint density at radius 1 is 1.09 bits per heavy atom. The lowest BCUT2D eigenvalue weighted by atomic mass is 9.46. The summed E-state index contributed by atoms with van der Waals surface area (Å²) in [6.07, 6.45) is 8.24. The molecule has 4 aliphatic carbocycles. The highest BCUT2D eigenvalue weighted by molar-refractivity contribution is 5.91. The zero-order valence-electron chi connectivity index (χ0n) is 18.3. The van der Waals surface area contributed by atoms with E-state index in [-0.39, 0.29) is 23.3 Å². The highest BCUT2D eigenvalue weighted by Crippen LogP contribution is 2.64. The third-order valence-corrected chi connectivity index (χ3v) is 8.20. The van der Waals surface area contributed by atoms with Crippen molar-refractivity contribution >= 4 is 17.8 Å². The van der Waals surface area contributed by atoms with E-state index in [0.29, 0.717) is 50.2 Å². The van der Waals surface area contributed by atoms with Crippen molar-refractivity contribution in [1.29, 1.82) is 0 Å². The largest absolute Gasteiger partial charge is 0.490 e. The predicted octanol–water partition coefficient (Wildman–Crippen LogP) is 2.06. The Kier molecular flexibility index (Phi) is 4.40. The maximum Gasteiger partial charge on any atom is 0.490 e. The summed E-state index contributed by atoms with van der Waals surface area (Å²) >= 11 is 0. The van der Waals surface area contributed by atoms with Crippen LogP contribution in [0.4, 0.5) is 5.95 Å². The molecule has 2 aromatic heterocycles. The maximum absolute atomic E-state index is 13.9. The molecule has 0 aromatic carbocycles. The van der Waals surface area contributed by atoms with Gasteiger partial charge in [0, 0.05) is 31.3 Å². The van der Waals surface area contributed by atoms with E-state index in [9.17, 15) is 19.7 Å². The van der Waals surface area contributed by atoms with Crippen molar-refractivity contribution in [3.8, 4) is 0 Å². The summed E-state index contributed by atoms with van der Waals surface area (Å²) in [5.74, 6) is 0.790. The molecule has 1 saturated heterocycles. The van der Waals surface area contributed by atoms with Crippen molar-refractivity contribution in [2.45, 2.75) is 44.1 Å². The molecular weight excluding hydrogens is 428 g/mol. The van der Waals surface area contributed by atoms with Gasteiger partial charge in [-0.15, -0.1) is 0 Å². The van der Waals surface area contributed by atoms with Crippen LogP contribution < -0.4 is 0 Å². The maximum atomic E-state index is 13.9. The van der Waals surface area contributed by atoms with Crippen molar-refractivity contribution in [3.63, 3.8) is 0 Å². The normalized spacial score (nSPS) is 32.8. The van der Waals surface area contributed by atoms with Gasteiger partial charge in [-0.1, -0.05) is 4.98 Å². The number of hydrogen-bond donors (Lipinski definition) is 0. The molecule has 7 rings (SSSR count). The van der Waals surface area contributed by atoms with Gasteiger partial charge in [0.1, 0.15) is 0 Å². The van der Waals surface area contributed by atoms with Crippen molar-refractivity contribution in [2.24, 2.45) is 17.3 Å². The fraction of sp³-hybridized carbons (Fsp3) is 0.636. The number of hydrogen-bond acceptors (Lipinski definition) is 7. The fourth-order valence-corrected chi connectivity index (χ4v) is 7.30. The highest BCUT2D eigenvalue weighted by atomic mass is 16.6. The molecule has 4 atom stereocenters. The van der Waals surface area contributed by atoms with E-state index in [2.05, 4.69) is 10.1 Å². The number of nitrogens with zero attached hydrogens (tertiary/aromatic N) is 6. The Labute approximate surface area is 189 Å². The number of rotatable bonds is 4. The number of carbonyl (C=O) groups is 2. The van der Waals surface area contributed by atoms with Gasteiger partial charge in [-0.3, -0.25) is 9.59 Å². The molecule has 3 heterocycles. The highest BCUT2D eigenvalue weighted by Gasteiger charge is 2.63. The Balaban J connectivity index is 1.21. The molecule has 5 fully saturated rings. The molecule has 0 spiro atoms. The summed E-state index contributed by atoms with van der Waals surface area (Å²) < 4.78 is 6.91. The molecule has 174 valence electrons. The summed E-state index contributed by atoms with van der Waals surface area (Å²) in [6, 6.07) is 3.35. The molecule has 33 heavy (non-hydrogen) atoms. The minimum Gasteiger partial charge on any atom is -0.459 e. The number of aromatic nitrogens is 3. The molecule has 2 amide bonds. The Morgan fingerprint density at radius 2 is 1.79 bits per heavy atom. The van der Waals surface area contributed by atoms with Crippen LogP contribution in [-0.2, 0) is 10.3 Å². The fourth-order valence-electron chi connectivity index (χ4n) is 7.30. The summed E-state index contributed by atoms with van der Waals surface area (Å²) in [4.78, 5) is 44.6. The minimum absolute atomic E-state index is 0.145. The van der Waals surface area contributed by atoms with E-state index in [4.69, 9.17) is 4.42 Å². The van der Waals surface area contributed by atoms with Crippen molar-refractivity contribution in [2.75, 3.05) is 26.2 Å². The van der Waals surface area contributed by atoms with Gasteiger partial charge in [-0.25, -0.2) is 0 Å². The molecule has 5 aliphatic rings. The quantitative estimate of drug-likeness (QED) is 0.511. The second kappa shape index (κ2) is 7.13. The zero-order chi connectivity index (χ0) is 22.8. The number of piperazine rings is 1. The lowest BCUT2D eigenvalue weighted by Gasteiger charge is -2.61. The standard InChI is InChI=1S/C22H26N6O5/c29-18(17-2-1-7-33-17)25-3-5-26(6-4-25)19(30)21-9-15-8-16(10-21)12-22(11-15,13-21)27-14-23-20(24-27)28(31)32/h1-2,7,14-16H,3-6,8-13H2/t15-,16+,21?,22?. The number of furan rings is 1. The van der Waals surface area contributed by atoms with Gasteiger partial charge in [-0.05, 0) is 67.4 Å². The minimum atomic E-state index is -0.568. The Bertz CT molecular complexity index is 1090. The van der Waals surface area contributed by atoms with Gasteiger partial charge < -0.3 is 24.3 Å². The van der Waals surface area contributed by atoms with Gasteiger partial charge in [0.25, 0.3) is 5.91 Å². The molecule has 4 saturated carbocycles. The molecular formula is C22H26N6O5. The van der Waals surface area contributed by atoms with E-state index in [0.717, 1.165) is 32.1 Å². The van der Waals surface area contributed by atoms with Crippen molar-refractivity contribution in [1.82, 2.24) is 24.6 Å². The van der Waals surface area contributed by atoms with Crippen LogP contribution in [-0.4, -0.2) is 67.5 Å². The van der Waals surface area contributed by atoms with E-state index < -0.39 is 10.3 Å². The molecule has 0 radical (unpaired) electrons. The second-order valence-corrected chi connectivity index (χ2v) is 10.3. The monoisotopic (exact) mass is 454 g/mol. The van der Waals surface area contributed by atoms with Crippen molar-refractivity contribution in [3.05, 3.63) is 40.6 Å². The number of amides is 2. The van der Waals surface area contributed by atoms with Crippen LogP contribution in [0, 0.1) is 27.4 Å². The average Bonchev–Trinajstić information content (AvgIpc) is 3.50. The van der Waals surface area contributed by atoms with Crippen molar-refractivity contribution < 1.29 is 18.9 Å². The number of carbonyl (C=O) groups excluding carboxylic acids is 2. The van der Waals surface area contributed by atoms with E-state index in [1.165, 1.54) is 12.6 Å². The summed E-state index contributed by atoms with van der Waals surface area (Å²) in [7, 11) is 0. The number of nitro groups is 1. The van der Waals surface area contributed by atoms with E-state index >= 15 is 0 Å². The molecule has 2 unspecified atom stereocenters. The molecule has 11 nitrogen and oxygen atoms in total. The third kappa shape index (κ3) is 3.16. The lowest BCUT2D eigenvalue weighted by molar-refractivity contribution is -0.394. The Hall–Kier alpha value is -3.24. The van der Waals surface area contributed by atoms with E-state index in [1.807, 2.05) is 4.90 Å². The van der Waals surface area contributed by atoms with Crippen LogP contribution in [0.15, 0.2) is 29.1 Å². The average molecular weight is 454 g/mol. The zero-order valence-corrected chi connectivity index (χ0v) is 18.3. The van der Waals surface area contributed by atoms with Crippen LogP contribution in [0.5, 0.6) is 0 Å². The van der Waals surface area contributed by atoms with Crippen LogP contribution >= 0.6 is 0 Å².